The molecule has 128 valence electrons. The van der Waals surface area contributed by atoms with Gasteiger partial charge in [0, 0.05) is 19.3 Å². The van der Waals surface area contributed by atoms with E-state index >= 15 is 0 Å². The SMILES string of the molecule is O=C(c1cnc2ccccn12)N1CCO[C@H](CCc2ccccc2)C1. The normalized spacial score (nSPS) is 17.8. The second-order valence-electron chi connectivity index (χ2n) is 6.34. The van der Waals surface area contributed by atoms with Gasteiger partial charge in [-0.1, -0.05) is 36.4 Å². The van der Waals surface area contributed by atoms with Crippen LogP contribution in [0.25, 0.3) is 5.65 Å². The van der Waals surface area contributed by atoms with E-state index in [0.717, 1.165) is 18.5 Å². The summed E-state index contributed by atoms with van der Waals surface area (Å²) in [6.07, 6.45) is 5.50. The number of hydrogen-bond donors (Lipinski definition) is 0. The summed E-state index contributed by atoms with van der Waals surface area (Å²) in [4.78, 5) is 19.1. The first kappa shape index (κ1) is 15.8. The van der Waals surface area contributed by atoms with Crippen LogP contribution in [-0.2, 0) is 11.2 Å². The van der Waals surface area contributed by atoms with Crippen molar-refractivity contribution in [1.29, 1.82) is 0 Å². The predicted octanol–water partition coefficient (Wildman–Crippen LogP) is 2.81. The minimum absolute atomic E-state index is 0.0201. The number of morpholine rings is 1. The van der Waals surface area contributed by atoms with Gasteiger partial charge in [-0.25, -0.2) is 4.98 Å². The summed E-state index contributed by atoms with van der Waals surface area (Å²) in [7, 11) is 0. The van der Waals surface area contributed by atoms with Gasteiger partial charge >= 0.3 is 0 Å². The molecule has 0 aliphatic carbocycles. The lowest BCUT2D eigenvalue weighted by molar-refractivity contribution is -0.0248. The van der Waals surface area contributed by atoms with Gasteiger partial charge in [-0.3, -0.25) is 9.20 Å². The van der Waals surface area contributed by atoms with Crippen LogP contribution < -0.4 is 0 Å². The van der Waals surface area contributed by atoms with E-state index in [9.17, 15) is 4.79 Å². The number of hydrogen-bond acceptors (Lipinski definition) is 3. The highest BCUT2D eigenvalue weighted by molar-refractivity contribution is 5.93. The van der Waals surface area contributed by atoms with Crippen molar-refractivity contribution in [2.24, 2.45) is 0 Å². The molecule has 1 aliphatic rings. The van der Waals surface area contributed by atoms with Crippen molar-refractivity contribution in [3.8, 4) is 0 Å². The van der Waals surface area contributed by atoms with Gasteiger partial charge in [-0.05, 0) is 30.5 Å². The van der Waals surface area contributed by atoms with Crippen LogP contribution in [0.1, 0.15) is 22.5 Å². The molecule has 2 aromatic heterocycles. The molecule has 5 nitrogen and oxygen atoms in total. The van der Waals surface area contributed by atoms with Gasteiger partial charge < -0.3 is 9.64 Å². The Morgan fingerprint density at radius 1 is 1.16 bits per heavy atom. The molecule has 1 amide bonds. The molecular formula is C20H21N3O2. The quantitative estimate of drug-likeness (QED) is 0.736. The molecule has 1 aromatic carbocycles. The maximum Gasteiger partial charge on any atom is 0.272 e. The Morgan fingerprint density at radius 3 is 2.88 bits per heavy atom. The zero-order valence-corrected chi connectivity index (χ0v) is 14.0. The van der Waals surface area contributed by atoms with E-state index in [4.69, 9.17) is 4.74 Å². The van der Waals surface area contributed by atoms with Crippen LogP contribution in [0.4, 0.5) is 0 Å². The largest absolute Gasteiger partial charge is 0.375 e. The second-order valence-corrected chi connectivity index (χ2v) is 6.34. The maximum absolute atomic E-state index is 12.9. The number of pyridine rings is 1. The van der Waals surface area contributed by atoms with Gasteiger partial charge in [0.2, 0.25) is 0 Å². The molecule has 4 rings (SSSR count). The van der Waals surface area contributed by atoms with Crippen LogP contribution in [0.2, 0.25) is 0 Å². The summed E-state index contributed by atoms with van der Waals surface area (Å²) >= 11 is 0. The lowest BCUT2D eigenvalue weighted by Crippen LogP contribution is -2.46. The topological polar surface area (TPSA) is 46.8 Å². The van der Waals surface area contributed by atoms with E-state index in [1.807, 2.05) is 39.8 Å². The van der Waals surface area contributed by atoms with E-state index in [0.29, 0.717) is 25.4 Å². The Balaban J connectivity index is 1.43. The first-order valence-corrected chi connectivity index (χ1v) is 8.68. The molecule has 5 heteroatoms. The van der Waals surface area contributed by atoms with Crippen LogP contribution in [0.15, 0.2) is 60.9 Å². The lowest BCUT2D eigenvalue weighted by Gasteiger charge is -2.33. The number of ether oxygens (including phenoxy) is 1. The van der Waals surface area contributed by atoms with Crippen molar-refractivity contribution in [2.75, 3.05) is 19.7 Å². The molecule has 0 radical (unpaired) electrons. The Bertz CT molecular complexity index is 860. The molecule has 1 aliphatic heterocycles. The smallest absolute Gasteiger partial charge is 0.272 e. The number of carbonyl (C=O) groups is 1. The average Bonchev–Trinajstić information content (AvgIpc) is 3.11. The molecule has 0 unspecified atom stereocenters. The summed E-state index contributed by atoms with van der Waals surface area (Å²) in [5.41, 5.74) is 2.70. The van der Waals surface area contributed by atoms with E-state index in [1.165, 1.54) is 5.56 Å². The predicted molar refractivity (Wildman–Crippen MR) is 95.6 cm³/mol. The van der Waals surface area contributed by atoms with Gasteiger partial charge in [-0.2, -0.15) is 0 Å². The molecule has 1 fully saturated rings. The van der Waals surface area contributed by atoms with Gasteiger partial charge in [0.05, 0.1) is 18.9 Å². The van der Waals surface area contributed by atoms with E-state index in [2.05, 4.69) is 29.2 Å². The minimum Gasteiger partial charge on any atom is -0.375 e. The zero-order valence-electron chi connectivity index (χ0n) is 14.0. The molecule has 0 spiro atoms. The molecule has 0 bridgehead atoms. The van der Waals surface area contributed by atoms with Crippen molar-refractivity contribution in [2.45, 2.75) is 18.9 Å². The number of aromatic nitrogens is 2. The molecule has 0 N–H and O–H groups in total. The summed E-state index contributed by atoms with van der Waals surface area (Å²) in [5.74, 6) is 0.0201. The summed E-state index contributed by atoms with van der Waals surface area (Å²) in [5, 5.41) is 0. The fourth-order valence-corrected chi connectivity index (χ4v) is 3.30. The third-order valence-electron chi connectivity index (χ3n) is 4.66. The van der Waals surface area contributed by atoms with Crippen molar-refractivity contribution in [3.05, 3.63) is 72.2 Å². The molecule has 1 saturated heterocycles. The fourth-order valence-electron chi connectivity index (χ4n) is 3.30. The first-order chi connectivity index (χ1) is 12.3. The van der Waals surface area contributed by atoms with Crippen molar-refractivity contribution in [3.63, 3.8) is 0 Å². The third-order valence-corrected chi connectivity index (χ3v) is 4.66. The Hall–Kier alpha value is -2.66. The third kappa shape index (κ3) is 3.42. The number of fused-ring (bicyclic) bond motifs is 1. The number of amides is 1. The minimum atomic E-state index is 0.0201. The van der Waals surface area contributed by atoms with Crippen molar-refractivity contribution >= 4 is 11.6 Å². The van der Waals surface area contributed by atoms with E-state index in [-0.39, 0.29) is 12.0 Å². The Kier molecular flexibility index (Phi) is 4.48. The Labute approximate surface area is 146 Å². The van der Waals surface area contributed by atoms with Gasteiger partial charge in [0.25, 0.3) is 5.91 Å². The van der Waals surface area contributed by atoms with Crippen molar-refractivity contribution < 1.29 is 9.53 Å². The highest BCUT2D eigenvalue weighted by Crippen LogP contribution is 2.16. The molecule has 3 aromatic rings. The number of rotatable bonds is 4. The molecule has 0 saturated carbocycles. The molecular weight excluding hydrogens is 314 g/mol. The number of imidazole rings is 1. The highest BCUT2D eigenvalue weighted by atomic mass is 16.5. The van der Waals surface area contributed by atoms with Gasteiger partial charge in [0.1, 0.15) is 11.3 Å². The molecule has 1 atom stereocenters. The molecule has 25 heavy (non-hydrogen) atoms. The number of benzene rings is 1. The van der Waals surface area contributed by atoms with E-state index in [1.54, 1.807) is 6.20 Å². The van der Waals surface area contributed by atoms with Crippen LogP contribution in [0, 0.1) is 0 Å². The zero-order chi connectivity index (χ0) is 17.1. The highest BCUT2D eigenvalue weighted by Gasteiger charge is 2.26. The second kappa shape index (κ2) is 7.07. The summed E-state index contributed by atoms with van der Waals surface area (Å²) in [6, 6.07) is 16.1. The van der Waals surface area contributed by atoms with Crippen molar-refractivity contribution in [1.82, 2.24) is 14.3 Å². The standard InChI is InChI=1S/C20H21N3O2/c24-20(18-14-21-19-8-4-5-11-23(18)19)22-12-13-25-17(15-22)10-9-16-6-2-1-3-7-16/h1-8,11,14,17H,9-10,12-13,15H2/t17-/m1/s1. The van der Waals surface area contributed by atoms with Crippen LogP contribution in [0.3, 0.4) is 0 Å². The fraction of sp³-hybridized carbons (Fsp3) is 0.300. The van der Waals surface area contributed by atoms with Gasteiger partial charge in [0.15, 0.2) is 0 Å². The lowest BCUT2D eigenvalue weighted by atomic mass is 10.1. The number of carbonyl (C=O) groups excluding carboxylic acids is 1. The number of nitrogens with zero attached hydrogens (tertiary/aromatic N) is 3. The average molecular weight is 335 g/mol. The first-order valence-electron chi connectivity index (χ1n) is 8.68. The monoisotopic (exact) mass is 335 g/mol. The number of aryl methyl sites for hydroxylation is 1. The van der Waals surface area contributed by atoms with Crippen LogP contribution in [0.5, 0.6) is 0 Å². The maximum atomic E-state index is 12.9. The van der Waals surface area contributed by atoms with E-state index < -0.39 is 0 Å². The van der Waals surface area contributed by atoms with Crippen LogP contribution >= 0.6 is 0 Å². The summed E-state index contributed by atoms with van der Waals surface area (Å²) in [6.45, 7) is 1.84. The van der Waals surface area contributed by atoms with Gasteiger partial charge in [-0.15, -0.1) is 0 Å². The van der Waals surface area contributed by atoms with Crippen LogP contribution in [-0.4, -0.2) is 46.0 Å². The Morgan fingerprint density at radius 2 is 2.00 bits per heavy atom. The molecule has 3 heterocycles. The summed E-state index contributed by atoms with van der Waals surface area (Å²) < 4.78 is 7.71.